The minimum absolute atomic E-state index is 0.0192. The second kappa shape index (κ2) is 5.11. The Morgan fingerprint density at radius 2 is 2.20 bits per heavy atom. The molecule has 0 radical (unpaired) electrons. The number of primary amides is 1. The van der Waals surface area contributed by atoms with E-state index in [-0.39, 0.29) is 18.0 Å². The van der Waals surface area contributed by atoms with Crippen LogP contribution in [0, 0.1) is 0 Å². The van der Waals surface area contributed by atoms with E-state index in [9.17, 15) is 9.59 Å². The fraction of sp³-hybridized carbons (Fsp3) is 0.800. The largest absolute Gasteiger partial charge is 0.368 e. The SMILES string of the molecule is CC(N)CCCC(=O)N1CCC1C(N)=O. The van der Waals surface area contributed by atoms with Gasteiger partial charge >= 0.3 is 0 Å². The maximum Gasteiger partial charge on any atom is 0.240 e. The molecule has 4 N–H and O–H groups in total. The van der Waals surface area contributed by atoms with Crippen LogP contribution in [0.15, 0.2) is 0 Å². The molecule has 0 bridgehead atoms. The zero-order valence-electron chi connectivity index (χ0n) is 9.11. The van der Waals surface area contributed by atoms with Crippen LogP contribution < -0.4 is 11.5 Å². The Morgan fingerprint density at radius 3 is 2.60 bits per heavy atom. The van der Waals surface area contributed by atoms with Crippen molar-refractivity contribution in [1.82, 2.24) is 4.90 Å². The standard InChI is InChI=1S/C10H19N3O2/c1-7(11)3-2-4-9(14)13-6-5-8(13)10(12)15/h7-8H,2-6,11H2,1H3,(H2,12,15). The zero-order chi connectivity index (χ0) is 11.4. The van der Waals surface area contributed by atoms with Gasteiger partial charge in [-0.3, -0.25) is 9.59 Å². The van der Waals surface area contributed by atoms with Crippen molar-refractivity contribution in [2.75, 3.05) is 6.54 Å². The summed E-state index contributed by atoms with van der Waals surface area (Å²) in [6.07, 6.45) is 2.78. The second-order valence-electron chi connectivity index (χ2n) is 4.16. The molecule has 0 aliphatic carbocycles. The van der Waals surface area contributed by atoms with Gasteiger partial charge < -0.3 is 16.4 Å². The first-order chi connectivity index (χ1) is 7.02. The molecule has 2 atom stereocenters. The lowest BCUT2D eigenvalue weighted by Crippen LogP contribution is -2.57. The van der Waals surface area contributed by atoms with Crippen LogP contribution in [0.1, 0.15) is 32.6 Å². The van der Waals surface area contributed by atoms with Gasteiger partial charge in [0.15, 0.2) is 0 Å². The smallest absolute Gasteiger partial charge is 0.240 e. The third-order valence-corrected chi connectivity index (χ3v) is 2.72. The minimum atomic E-state index is -0.401. The zero-order valence-corrected chi connectivity index (χ0v) is 9.11. The molecule has 5 nitrogen and oxygen atoms in total. The highest BCUT2D eigenvalue weighted by atomic mass is 16.2. The van der Waals surface area contributed by atoms with Crippen LogP contribution in [-0.2, 0) is 9.59 Å². The number of amides is 2. The quantitative estimate of drug-likeness (QED) is 0.650. The van der Waals surface area contributed by atoms with E-state index in [2.05, 4.69) is 0 Å². The van der Waals surface area contributed by atoms with E-state index in [4.69, 9.17) is 11.5 Å². The molecule has 1 rings (SSSR count). The predicted molar refractivity (Wildman–Crippen MR) is 56.8 cm³/mol. The van der Waals surface area contributed by atoms with Gasteiger partial charge in [0.05, 0.1) is 0 Å². The molecule has 1 saturated heterocycles. The lowest BCUT2D eigenvalue weighted by Gasteiger charge is -2.38. The highest BCUT2D eigenvalue weighted by molar-refractivity contribution is 5.88. The average molecular weight is 213 g/mol. The number of hydrogen-bond donors (Lipinski definition) is 2. The Balaban J connectivity index is 2.26. The monoisotopic (exact) mass is 213 g/mol. The van der Waals surface area contributed by atoms with E-state index >= 15 is 0 Å². The molecule has 0 aromatic rings. The van der Waals surface area contributed by atoms with E-state index < -0.39 is 5.91 Å². The van der Waals surface area contributed by atoms with Crippen LogP contribution in [-0.4, -0.2) is 35.3 Å². The number of hydrogen-bond acceptors (Lipinski definition) is 3. The molecular formula is C10H19N3O2. The summed E-state index contributed by atoms with van der Waals surface area (Å²) in [7, 11) is 0. The molecule has 5 heteroatoms. The number of carbonyl (C=O) groups excluding carboxylic acids is 2. The first-order valence-corrected chi connectivity index (χ1v) is 5.36. The van der Waals surface area contributed by atoms with Crippen LogP contribution in [0.25, 0.3) is 0 Å². The molecule has 2 amide bonds. The van der Waals surface area contributed by atoms with Crippen LogP contribution >= 0.6 is 0 Å². The molecule has 1 aliphatic heterocycles. The van der Waals surface area contributed by atoms with Crippen molar-refractivity contribution >= 4 is 11.8 Å². The number of likely N-dealkylation sites (tertiary alicyclic amines) is 1. The summed E-state index contributed by atoms with van der Waals surface area (Å²) in [6, 6.07) is -0.242. The van der Waals surface area contributed by atoms with Gasteiger partial charge in [0.2, 0.25) is 11.8 Å². The minimum Gasteiger partial charge on any atom is -0.368 e. The number of carbonyl (C=O) groups is 2. The number of nitrogens with two attached hydrogens (primary N) is 2. The summed E-state index contributed by atoms with van der Waals surface area (Å²) in [6.45, 7) is 2.57. The van der Waals surface area contributed by atoms with Crippen molar-refractivity contribution < 1.29 is 9.59 Å². The van der Waals surface area contributed by atoms with Gasteiger partial charge in [0, 0.05) is 19.0 Å². The molecular weight excluding hydrogens is 194 g/mol. The fourth-order valence-electron chi connectivity index (χ4n) is 1.70. The van der Waals surface area contributed by atoms with Gasteiger partial charge in [-0.1, -0.05) is 0 Å². The third kappa shape index (κ3) is 3.20. The van der Waals surface area contributed by atoms with E-state index in [1.165, 1.54) is 0 Å². The summed E-state index contributed by atoms with van der Waals surface area (Å²) in [5.74, 6) is -0.382. The predicted octanol–water partition coefficient (Wildman–Crippen LogP) is -0.410. The lowest BCUT2D eigenvalue weighted by molar-refractivity contribution is -0.146. The van der Waals surface area contributed by atoms with Crippen molar-refractivity contribution in [3.63, 3.8) is 0 Å². The van der Waals surface area contributed by atoms with Crippen molar-refractivity contribution in [2.24, 2.45) is 11.5 Å². The second-order valence-corrected chi connectivity index (χ2v) is 4.16. The summed E-state index contributed by atoms with van der Waals surface area (Å²) in [5, 5.41) is 0. The Hall–Kier alpha value is -1.10. The Kier molecular flexibility index (Phi) is 4.08. The van der Waals surface area contributed by atoms with Crippen molar-refractivity contribution in [1.29, 1.82) is 0 Å². The Labute approximate surface area is 89.8 Å². The Morgan fingerprint density at radius 1 is 1.53 bits per heavy atom. The normalized spacial score (nSPS) is 22.0. The van der Waals surface area contributed by atoms with E-state index in [0.29, 0.717) is 19.4 Å². The summed E-state index contributed by atoms with van der Waals surface area (Å²) < 4.78 is 0. The van der Waals surface area contributed by atoms with E-state index in [0.717, 1.165) is 12.8 Å². The Bertz CT molecular complexity index is 253. The molecule has 0 aromatic carbocycles. The van der Waals surface area contributed by atoms with Gasteiger partial charge in [-0.25, -0.2) is 0 Å². The topological polar surface area (TPSA) is 89.4 Å². The fourth-order valence-corrected chi connectivity index (χ4v) is 1.70. The first-order valence-electron chi connectivity index (χ1n) is 5.36. The van der Waals surface area contributed by atoms with E-state index in [1.54, 1.807) is 4.90 Å². The van der Waals surface area contributed by atoms with E-state index in [1.807, 2.05) is 6.92 Å². The van der Waals surface area contributed by atoms with Crippen molar-refractivity contribution in [3.8, 4) is 0 Å². The number of rotatable bonds is 5. The lowest BCUT2D eigenvalue weighted by atomic mass is 10.0. The molecule has 86 valence electrons. The van der Waals surface area contributed by atoms with Crippen molar-refractivity contribution in [2.45, 2.75) is 44.7 Å². The number of nitrogens with zero attached hydrogens (tertiary/aromatic N) is 1. The molecule has 1 heterocycles. The molecule has 15 heavy (non-hydrogen) atoms. The summed E-state index contributed by atoms with van der Waals surface area (Å²) in [4.78, 5) is 24.0. The first kappa shape index (κ1) is 12.0. The van der Waals surface area contributed by atoms with Crippen LogP contribution in [0.4, 0.5) is 0 Å². The highest BCUT2D eigenvalue weighted by Crippen LogP contribution is 2.18. The molecule has 1 aliphatic rings. The molecule has 0 saturated carbocycles. The van der Waals surface area contributed by atoms with Gasteiger partial charge in [0.1, 0.15) is 6.04 Å². The molecule has 2 unspecified atom stereocenters. The summed E-state index contributed by atoms with van der Waals surface area (Å²) >= 11 is 0. The average Bonchev–Trinajstić information content (AvgIpc) is 1.99. The summed E-state index contributed by atoms with van der Waals surface area (Å²) in [5.41, 5.74) is 10.7. The van der Waals surface area contributed by atoms with Gasteiger partial charge in [-0.2, -0.15) is 0 Å². The van der Waals surface area contributed by atoms with Gasteiger partial charge in [-0.15, -0.1) is 0 Å². The van der Waals surface area contributed by atoms with Crippen LogP contribution in [0.3, 0.4) is 0 Å². The van der Waals surface area contributed by atoms with Gasteiger partial charge in [-0.05, 0) is 26.2 Å². The van der Waals surface area contributed by atoms with Crippen LogP contribution in [0.5, 0.6) is 0 Å². The van der Waals surface area contributed by atoms with Crippen molar-refractivity contribution in [3.05, 3.63) is 0 Å². The van der Waals surface area contributed by atoms with Crippen LogP contribution in [0.2, 0.25) is 0 Å². The highest BCUT2D eigenvalue weighted by Gasteiger charge is 2.35. The maximum atomic E-state index is 11.6. The third-order valence-electron chi connectivity index (χ3n) is 2.72. The van der Waals surface area contributed by atoms with Gasteiger partial charge in [0.25, 0.3) is 0 Å². The molecule has 0 spiro atoms. The molecule has 0 aromatic heterocycles. The molecule has 1 fully saturated rings. The maximum absolute atomic E-state index is 11.6.